The fourth-order valence-corrected chi connectivity index (χ4v) is 4.48. The molecule has 0 spiro atoms. The van der Waals surface area contributed by atoms with E-state index in [4.69, 9.17) is 11.6 Å². The summed E-state index contributed by atoms with van der Waals surface area (Å²) in [6.07, 6.45) is 0.132. The molecule has 0 aliphatic carbocycles. The van der Waals surface area contributed by atoms with E-state index in [1.54, 1.807) is 48.5 Å². The van der Waals surface area contributed by atoms with Crippen LogP contribution in [0.2, 0.25) is 5.02 Å². The monoisotopic (exact) mass is 308 g/mol. The molecule has 0 saturated carbocycles. The average molecular weight is 309 g/mol. The normalized spacial score (nSPS) is 24.1. The minimum Gasteiger partial charge on any atom is -0.380 e. The number of rotatable bonds is 1. The highest BCUT2D eigenvalue weighted by atomic mass is 35.5. The highest BCUT2D eigenvalue weighted by Gasteiger charge is 2.41. The van der Waals surface area contributed by atoms with Crippen molar-refractivity contribution in [3.8, 4) is 0 Å². The summed E-state index contributed by atoms with van der Waals surface area (Å²) in [6.45, 7) is 0. The zero-order chi connectivity index (χ0) is 14.4. The summed E-state index contributed by atoms with van der Waals surface area (Å²) in [4.78, 5) is 0.203. The van der Waals surface area contributed by atoms with Gasteiger partial charge in [-0.25, -0.2) is 8.42 Å². The van der Waals surface area contributed by atoms with Crippen LogP contribution >= 0.6 is 11.6 Å². The number of aliphatic hydroxyl groups is 1. The van der Waals surface area contributed by atoms with Gasteiger partial charge in [-0.1, -0.05) is 41.9 Å². The molecule has 2 aromatic carbocycles. The van der Waals surface area contributed by atoms with Crippen LogP contribution in [0.15, 0.2) is 53.4 Å². The van der Waals surface area contributed by atoms with Crippen molar-refractivity contribution in [3.63, 3.8) is 0 Å². The summed E-state index contributed by atoms with van der Waals surface area (Å²) in [5.41, 5.74) is -0.270. The van der Waals surface area contributed by atoms with Gasteiger partial charge >= 0.3 is 0 Å². The van der Waals surface area contributed by atoms with Crippen molar-refractivity contribution in [1.82, 2.24) is 0 Å². The molecule has 1 aliphatic rings. The molecule has 1 unspecified atom stereocenters. The molecule has 1 atom stereocenters. The maximum atomic E-state index is 12.1. The van der Waals surface area contributed by atoms with Crippen molar-refractivity contribution >= 4 is 21.4 Å². The van der Waals surface area contributed by atoms with Crippen LogP contribution in [-0.2, 0) is 15.4 Å². The van der Waals surface area contributed by atoms with Crippen LogP contribution in [-0.4, -0.2) is 19.3 Å². The standard InChI is InChI=1S/C15H13ClO3S/c16-12-5-3-4-11(10-12)15(17)8-9-20(18,19)14-7-2-1-6-13(14)15/h1-7,10,17H,8-9H2. The van der Waals surface area contributed by atoms with Gasteiger partial charge in [0.2, 0.25) is 0 Å². The Kier molecular flexibility index (Phi) is 3.12. The van der Waals surface area contributed by atoms with Crippen molar-refractivity contribution in [3.05, 3.63) is 64.7 Å². The van der Waals surface area contributed by atoms with Gasteiger partial charge in [0.05, 0.1) is 10.6 Å². The summed E-state index contributed by atoms with van der Waals surface area (Å²) < 4.78 is 24.2. The summed E-state index contributed by atoms with van der Waals surface area (Å²) >= 11 is 5.98. The zero-order valence-electron chi connectivity index (χ0n) is 10.6. The molecule has 5 heteroatoms. The van der Waals surface area contributed by atoms with Gasteiger partial charge in [0, 0.05) is 10.6 Å². The van der Waals surface area contributed by atoms with Gasteiger partial charge in [0.1, 0.15) is 5.60 Å². The lowest BCUT2D eigenvalue weighted by Crippen LogP contribution is -2.36. The number of halogens is 1. The van der Waals surface area contributed by atoms with Gasteiger partial charge < -0.3 is 5.11 Å². The first-order valence-electron chi connectivity index (χ1n) is 6.24. The van der Waals surface area contributed by atoms with Gasteiger partial charge in [-0.2, -0.15) is 0 Å². The van der Waals surface area contributed by atoms with E-state index < -0.39 is 15.4 Å². The average Bonchev–Trinajstić information content (AvgIpc) is 2.44. The van der Waals surface area contributed by atoms with Gasteiger partial charge in [-0.05, 0) is 30.2 Å². The van der Waals surface area contributed by atoms with E-state index in [1.165, 1.54) is 0 Å². The molecule has 104 valence electrons. The lowest BCUT2D eigenvalue weighted by atomic mass is 9.84. The predicted octanol–water partition coefficient (Wildman–Crippen LogP) is 2.75. The van der Waals surface area contributed by atoms with Crippen molar-refractivity contribution in [2.75, 3.05) is 5.75 Å². The van der Waals surface area contributed by atoms with Crippen LogP contribution < -0.4 is 0 Å². The molecular formula is C15H13ClO3S. The smallest absolute Gasteiger partial charge is 0.178 e. The van der Waals surface area contributed by atoms with E-state index in [9.17, 15) is 13.5 Å². The zero-order valence-corrected chi connectivity index (χ0v) is 12.2. The van der Waals surface area contributed by atoms with Crippen LogP contribution in [0.3, 0.4) is 0 Å². The Morgan fingerprint density at radius 3 is 2.60 bits per heavy atom. The maximum Gasteiger partial charge on any atom is 0.178 e. The Labute approximate surface area is 122 Å². The number of hydrogen-bond acceptors (Lipinski definition) is 3. The SMILES string of the molecule is O=S1(=O)CCC(O)(c2cccc(Cl)c2)c2ccccc21. The molecule has 1 aliphatic heterocycles. The second-order valence-electron chi connectivity index (χ2n) is 4.94. The Morgan fingerprint density at radius 1 is 1.10 bits per heavy atom. The van der Waals surface area contributed by atoms with Crippen LogP contribution in [0.1, 0.15) is 17.5 Å². The number of fused-ring (bicyclic) bond motifs is 1. The second-order valence-corrected chi connectivity index (χ2v) is 7.45. The summed E-state index contributed by atoms with van der Waals surface area (Å²) in [6, 6.07) is 13.5. The van der Waals surface area contributed by atoms with Crippen LogP contribution in [0.4, 0.5) is 0 Å². The predicted molar refractivity (Wildman–Crippen MR) is 77.6 cm³/mol. The molecule has 2 aromatic rings. The second kappa shape index (κ2) is 4.58. The summed E-state index contributed by atoms with van der Waals surface area (Å²) in [5, 5.41) is 11.5. The largest absolute Gasteiger partial charge is 0.380 e. The molecule has 0 radical (unpaired) electrons. The van der Waals surface area contributed by atoms with Crippen molar-refractivity contribution in [2.24, 2.45) is 0 Å². The lowest BCUT2D eigenvalue weighted by molar-refractivity contribution is 0.0718. The van der Waals surface area contributed by atoms with E-state index >= 15 is 0 Å². The minimum absolute atomic E-state index is 0.0764. The first kappa shape index (κ1) is 13.6. The Morgan fingerprint density at radius 2 is 1.85 bits per heavy atom. The molecule has 0 amide bonds. The fraction of sp³-hybridized carbons (Fsp3) is 0.200. The first-order valence-corrected chi connectivity index (χ1v) is 8.27. The molecule has 0 fully saturated rings. The Balaban J connectivity index is 2.26. The highest BCUT2D eigenvalue weighted by molar-refractivity contribution is 7.91. The molecular weight excluding hydrogens is 296 g/mol. The molecule has 1 heterocycles. The maximum absolute atomic E-state index is 12.1. The van der Waals surface area contributed by atoms with Crippen LogP contribution in [0.5, 0.6) is 0 Å². The quantitative estimate of drug-likeness (QED) is 0.881. The van der Waals surface area contributed by atoms with E-state index in [1.807, 2.05) is 0 Å². The minimum atomic E-state index is -3.32. The van der Waals surface area contributed by atoms with Gasteiger partial charge in [-0.3, -0.25) is 0 Å². The molecule has 3 nitrogen and oxygen atoms in total. The molecule has 0 bridgehead atoms. The Hall–Kier alpha value is -1.36. The topological polar surface area (TPSA) is 54.4 Å². The molecule has 20 heavy (non-hydrogen) atoms. The molecule has 0 saturated heterocycles. The molecule has 0 aromatic heterocycles. The van der Waals surface area contributed by atoms with Crippen molar-refractivity contribution < 1.29 is 13.5 Å². The van der Waals surface area contributed by atoms with Gasteiger partial charge in [0.15, 0.2) is 9.84 Å². The van der Waals surface area contributed by atoms with E-state index in [2.05, 4.69) is 0 Å². The Bertz CT molecular complexity index is 770. The van der Waals surface area contributed by atoms with E-state index in [0.717, 1.165) is 0 Å². The summed E-state index contributed by atoms with van der Waals surface area (Å²) in [7, 11) is -3.32. The first-order chi connectivity index (χ1) is 9.43. The van der Waals surface area contributed by atoms with Crippen LogP contribution in [0.25, 0.3) is 0 Å². The molecule has 3 rings (SSSR count). The van der Waals surface area contributed by atoms with Gasteiger partial charge in [0.25, 0.3) is 0 Å². The van der Waals surface area contributed by atoms with Gasteiger partial charge in [-0.15, -0.1) is 0 Å². The number of benzene rings is 2. The molecule has 1 N–H and O–H groups in total. The number of hydrogen-bond donors (Lipinski definition) is 1. The van der Waals surface area contributed by atoms with Crippen molar-refractivity contribution in [2.45, 2.75) is 16.9 Å². The third kappa shape index (κ3) is 2.04. The van der Waals surface area contributed by atoms with E-state index in [0.29, 0.717) is 16.1 Å². The van der Waals surface area contributed by atoms with E-state index in [-0.39, 0.29) is 17.1 Å². The fourth-order valence-electron chi connectivity index (χ4n) is 2.65. The summed E-state index contributed by atoms with van der Waals surface area (Å²) in [5.74, 6) is -0.0764. The third-order valence-corrected chi connectivity index (χ3v) is 5.71. The number of sulfone groups is 1. The highest BCUT2D eigenvalue weighted by Crippen LogP contribution is 2.41. The van der Waals surface area contributed by atoms with Crippen LogP contribution in [0, 0.1) is 0 Å². The lowest BCUT2D eigenvalue weighted by Gasteiger charge is -2.34. The van der Waals surface area contributed by atoms with Crippen molar-refractivity contribution in [1.29, 1.82) is 0 Å². The third-order valence-electron chi connectivity index (χ3n) is 3.70.